The van der Waals surface area contributed by atoms with Gasteiger partial charge in [-0.05, 0) is 6.07 Å². The molecule has 0 aliphatic rings. The summed E-state index contributed by atoms with van der Waals surface area (Å²) in [6.07, 6.45) is 12.1. The predicted molar refractivity (Wildman–Crippen MR) is 85.5 cm³/mol. The van der Waals surface area contributed by atoms with E-state index in [2.05, 4.69) is 36.1 Å². The van der Waals surface area contributed by atoms with Gasteiger partial charge in [0.25, 0.3) is 0 Å². The van der Waals surface area contributed by atoms with Gasteiger partial charge in [0.15, 0.2) is 0 Å². The quantitative estimate of drug-likeness (QED) is 0.617. The molecule has 0 aliphatic heterocycles. The Hall–Kier alpha value is -3.60. The van der Waals surface area contributed by atoms with E-state index < -0.39 is 0 Å². The maximum Gasteiger partial charge on any atom is 0.141 e. The van der Waals surface area contributed by atoms with Crippen molar-refractivity contribution in [1.29, 1.82) is 5.26 Å². The van der Waals surface area contributed by atoms with E-state index >= 15 is 0 Å². The summed E-state index contributed by atoms with van der Waals surface area (Å²) in [6.45, 7) is 0. The van der Waals surface area contributed by atoms with Crippen LogP contribution < -0.4 is 0 Å². The highest BCUT2D eigenvalue weighted by molar-refractivity contribution is 5.89. The Kier molecular flexibility index (Phi) is 3.44. The third kappa shape index (κ3) is 2.38. The number of aromatic nitrogens is 7. The summed E-state index contributed by atoms with van der Waals surface area (Å²) in [5.41, 5.74) is 3.27. The van der Waals surface area contributed by atoms with Gasteiger partial charge in [0, 0.05) is 41.3 Å². The maximum atomic E-state index is 9.14. The minimum atomic E-state index is -0.242. The molecule has 4 rings (SSSR count). The predicted octanol–water partition coefficient (Wildman–Crippen LogP) is 2.11. The van der Waals surface area contributed by atoms with Gasteiger partial charge in [0.1, 0.15) is 18.3 Å². The minimum Gasteiger partial charge on any atom is -0.346 e. The maximum absolute atomic E-state index is 9.14. The molecule has 0 amide bonds. The Balaban J connectivity index is 1.76. The number of nitrogens with one attached hydrogen (secondary N) is 1. The standard InChI is InChI=1S/C16H12N8/c17-3-1-14(11-5-18-9-19-6-11)24-8-12(7-23-24)15-13-2-4-20-16(13)22-10-21-15/h2,4-10,14H,1H2,(H,20,21,22). The Bertz CT molecular complexity index is 1010. The molecule has 1 unspecified atom stereocenters. The first-order valence-electron chi connectivity index (χ1n) is 7.31. The van der Waals surface area contributed by atoms with Crippen LogP contribution in [0.4, 0.5) is 0 Å². The van der Waals surface area contributed by atoms with Crippen LogP contribution >= 0.6 is 0 Å². The monoisotopic (exact) mass is 316 g/mol. The molecule has 24 heavy (non-hydrogen) atoms. The first kappa shape index (κ1) is 14.0. The van der Waals surface area contributed by atoms with Gasteiger partial charge in [0.05, 0.1) is 30.4 Å². The molecular formula is C16H12N8. The molecule has 0 aliphatic carbocycles. The van der Waals surface area contributed by atoms with Crippen molar-refractivity contribution >= 4 is 11.0 Å². The number of rotatable bonds is 4. The van der Waals surface area contributed by atoms with Gasteiger partial charge in [-0.2, -0.15) is 10.4 Å². The number of hydrogen-bond donors (Lipinski definition) is 1. The average Bonchev–Trinajstić information content (AvgIpc) is 3.29. The second-order valence-corrected chi connectivity index (χ2v) is 5.22. The number of nitriles is 1. The normalized spacial score (nSPS) is 12.1. The number of nitrogens with zero attached hydrogens (tertiary/aromatic N) is 7. The lowest BCUT2D eigenvalue weighted by Crippen LogP contribution is -2.11. The topological polar surface area (TPSA) is 109 Å². The van der Waals surface area contributed by atoms with E-state index in [-0.39, 0.29) is 12.5 Å². The van der Waals surface area contributed by atoms with Crippen LogP contribution in [0.2, 0.25) is 0 Å². The van der Waals surface area contributed by atoms with Crippen molar-refractivity contribution in [3.63, 3.8) is 0 Å². The van der Waals surface area contributed by atoms with Crippen LogP contribution in [0.15, 0.2) is 49.7 Å². The Morgan fingerprint density at radius 3 is 2.88 bits per heavy atom. The third-order valence-electron chi connectivity index (χ3n) is 3.80. The fourth-order valence-electron chi connectivity index (χ4n) is 2.67. The van der Waals surface area contributed by atoms with Gasteiger partial charge in [-0.3, -0.25) is 4.68 Å². The fraction of sp³-hybridized carbons (Fsp3) is 0.125. The lowest BCUT2D eigenvalue weighted by molar-refractivity contribution is 0.529. The molecule has 4 heterocycles. The van der Waals surface area contributed by atoms with E-state index in [1.807, 2.05) is 18.5 Å². The largest absolute Gasteiger partial charge is 0.346 e. The van der Waals surface area contributed by atoms with E-state index in [1.165, 1.54) is 12.7 Å². The van der Waals surface area contributed by atoms with Crippen LogP contribution in [-0.2, 0) is 0 Å². The van der Waals surface area contributed by atoms with Crippen LogP contribution in [0.5, 0.6) is 0 Å². The molecule has 0 saturated heterocycles. The summed E-state index contributed by atoms with van der Waals surface area (Å²) in [4.78, 5) is 19.7. The molecule has 4 aromatic rings. The molecule has 1 atom stereocenters. The van der Waals surface area contributed by atoms with Crippen molar-refractivity contribution in [2.45, 2.75) is 12.5 Å². The first-order chi connectivity index (χ1) is 11.9. The highest BCUT2D eigenvalue weighted by atomic mass is 15.3. The molecule has 116 valence electrons. The van der Waals surface area contributed by atoms with Gasteiger partial charge in [-0.25, -0.2) is 19.9 Å². The summed E-state index contributed by atoms with van der Waals surface area (Å²) in [5, 5.41) is 14.5. The van der Waals surface area contributed by atoms with E-state index in [0.29, 0.717) is 0 Å². The fourth-order valence-corrected chi connectivity index (χ4v) is 2.67. The van der Waals surface area contributed by atoms with E-state index in [0.717, 1.165) is 27.9 Å². The van der Waals surface area contributed by atoms with Crippen molar-refractivity contribution in [2.24, 2.45) is 0 Å². The number of aromatic amines is 1. The van der Waals surface area contributed by atoms with Crippen molar-refractivity contribution < 1.29 is 0 Å². The number of hydrogen-bond acceptors (Lipinski definition) is 6. The molecule has 0 fully saturated rings. The van der Waals surface area contributed by atoms with Gasteiger partial charge < -0.3 is 4.98 Å². The summed E-state index contributed by atoms with van der Waals surface area (Å²) >= 11 is 0. The van der Waals surface area contributed by atoms with Crippen LogP contribution in [0.3, 0.4) is 0 Å². The summed E-state index contributed by atoms with van der Waals surface area (Å²) in [7, 11) is 0. The van der Waals surface area contributed by atoms with Crippen LogP contribution in [0.25, 0.3) is 22.3 Å². The molecule has 8 heteroatoms. The van der Waals surface area contributed by atoms with Crippen molar-refractivity contribution in [1.82, 2.24) is 34.7 Å². The zero-order valence-corrected chi connectivity index (χ0v) is 12.5. The second-order valence-electron chi connectivity index (χ2n) is 5.22. The summed E-state index contributed by atoms with van der Waals surface area (Å²) in [5.74, 6) is 0. The lowest BCUT2D eigenvalue weighted by Gasteiger charge is -2.13. The molecule has 8 nitrogen and oxygen atoms in total. The van der Waals surface area contributed by atoms with Gasteiger partial charge >= 0.3 is 0 Å². The Morgan fingerprint density at radius 2 is 2.04 bits per heavy atom. The average molecular weight is 316 g/mol. The smallest absolute Gasteiger partial charge is 0.141 e. The van der Waals surface area contributed by atoms with Crippen LogP contribution in [-0.4, -0.2) is 34.7 Å². The minimum absolute atomic E-state index is 0.242. The van der Waals surface area contributed by atoms with E-state index in [4.69, 9.17) is 5.26 Å². The van der Waals surface area contributed by atoms with Crippen molar-refractivity contribution in [3.05, 3.63) is 55.3 Å². The molecule has 1 N–H and O–H groups in total. The molecule has 0 radical (unpaired) electrons. The number of H-pyrrole nitrogens is 1. The van der Waals surface area contributed by atoms with Crippen LogP contribution in [0.1, 0.15) is 18.0 Å². The first-order valence-corrected chi connectivity index (χ1v) is 7.31. The summed E-state index contributed by atoms with van der Waals surface area (Å²) in [6, 6.07) is 3.88. The SMILES string of the molecule is N#CCC(c1cncnc1)n1cc(-c2ncnc3[nH]ccc23)cn1. The van der Waals surface area contributed by atoms with Crippen LogP contribution in [0, 0.1) is 11.3 Å². The summed E-state index contributed by atoms with van der Waals surface area (Å²) < 4.78 is 1.75. The zero-order chi connectivity index (χ0) is 16.4. The van der Waals surface area contributed by atoms with E-state index in [1.54, 1.807) is 23.3 Å². The molecule has 0 bridgehead atoms. The van der Waals surface area contributed by atoms with Gasteiger partial charge in [0.2, 0.25) is 0 Å². The third-order valence-corrected chi connectivity index (χ3v) is 3.80. The van der Waals surface area contributed by atoms with Crippen molar-refractivity contribution in [3.8, 4) is 17.3 Å². The zero-order valence-electron chi connectivity index (χ0n) is 12.5. The molecular weight excluding hydrogens is 304 g/mol. The molecule has 4 aromatic heterocycles. The van der Waals surface area contributed by atoms with Crippen molar-refractivity contribution in [2.75, 3.05) is 0 Å². The molecule has 0 aromatic carbocycles. The Morgan fingerprint density at radius 1 is 1.17 bits per heavy atom. The highest BCUT2D eigenvalue weighted by Gasteiger charge is 2.17. The Labute approximate surface area is 136 Å². The van der Waals surface area contributed by atoms with Gasteiger partial charge in [-0.1, -0.05) is 0 Å². The van der Waals surface area contributed by atoms with Gasteiger partial charge in [-0.15, -0.1) is 0 Å². The number of fused-ring (bicyclic) bond motifs is 1. The molecule has 0 spiro atoms. The molecule has 0 saturated carbocycles. The highest BCUT2D eigenvalue weighted by Crippen LogP contribution is 2.27. The second kappa shape index (κ2) is 5.89. The lowest BCUT2D eigenvalue weighted by atomic mass is 10.1. The van der Waals surface area contributed by atoms with E-state index in [9.17, 15) is 0 Å².